The molecule has 7 heteroatoms. The molecule has 3 rings (SSSR count). The van der Waals surface area contributed by atoms with E-state index in [0.717, 1.165) is 54.5 Å². The van der Waals surface area contributed by atoms with Crippen LogP contribution >= 0.6 is 0 Å². The summed E-state index contributed by atoms with van der Waals surface area (Å²) in [5.41, 5.74) is 8.67. The summed E-state index contributed by atoms with van der Waals surface area (Å²) in [5.74, 6) is -1.26. The summed E-state index contributed by atoms with van der Waals surface area (Å²) in [4.78, 5) is 12.7. The predicted molar refractivity (Wildman–Crippen MR) is 121 cm³/mol. The van der Waals surface area contributed by atoms with Crippen LogP contribution in [0.25, 0.3) is 5.57 Å². The average molecular weight is 464 g/mol. The van der Waals surface area contributed by atoms with Gasteiger partial charge in [-0.2, -0.15) is 13.2 Å². The molecule has 1 aromatic carbocycles. The average Bonchev–Trinajstić information content (AvgIpc) is 3.16. The zero-order valence-corrected chi connectivity index (χ0v) is 18.7. The quantitative estimate of drug-likeness (QED) is 0.447. The number of halogens is 4. The number of alkyl halides is 3. The molecular formula is C26H29F4NO2. The van der Waals surface area contributed by atoms with E-state index in [-0.39, 0.29) is 18.2 Å². The van der Waals surface area contributed by atoms with Crippen LogP contribution in [0.15, 0.2) is 59.4 Å². The lowest BCUT2D eigenvalue weighted by molar-refractivity contribution is -0.140. The van der Waals surface area contributed by atoms with E-state index in [1.807, 2.05) is 25.2 Å². The molecule has 1 aliphatic heterocycles. The van der Waals surface area contributed by atoms with Gasteiger partial charge in [-0.25, -0.2) is 4.39 Å². The van der Waals surface area contributed by atoms with Crippen LogP contribution in [0.2, 0.25) is 0 Å². The Morgan fingerprint density at radius 2 is 2.09 bits per heavy atom. The summed E-state index contributed by atoms with van der Waals surface area (Å²) >= 11 is 0. The summed E-state index contributed by atoms with van der Waals surface area (Å²) in [6, 6.07) is 2.92. The Labute approximate surface area is 191 Å². The van der Waals surface area contributed by atoms with Crippen molar-refractivity contribution in [2.24, 2.45) is 11.7 Å². The molecule has 2 aliphatic rings. The zero-order valence-electron chi connectivity index (χ0n) is 18.7. The van der Waals surface area contributed by atoms with Crippen LogP contribution in [0.3, 0.4) is 0 Å². The van der Waals surface area contributed by atoms with Crippen LogP contribution in [0, 0.1) is 11.7 Å². The molecule has 1 atom stereocenters. The lowest BCUT2D eigenvalue weighted by Crippen LogP contribution is -2.14. The maximum Gasteiger partial charge on any atom is 0.419 e. The van der Waals surface area contributed by atoms with E-state index in [1.54, 1.807) is 6.26 Å². The van der Waals surface area contributed by atoms with E-state index in [2.05, 4.69) is 0 Å². The Morgan fingerprint density at radius 1 is 1.30 bits per heavy atom. The van der Waals surface area contributed by atoms with E-state index in [1.165, 1.54) is 6.07 Å². The van der Waals surface area contributed by atoms with Gasteiger partial charge in [0.15, 0.2) is 0 Å². The third-order valence-electron chi connectivity index (χ3n) is 6.23. The highest BCUT2D eigenvalue weighted by molar-refractivity contribution is 5.81. The Balaban J connectivity index is 1.78. The first-order valence-corrected chi connectivity index (χ1v) is 11.2. The van der Waals surface area contributed by atoms with Gasteiger partial charge >= 0.3 is 6.18 Å². The molecule has 178 valence electrons. The molecule has 1 fully saturated rings. The van der Waals surface area contributed by atoms with Crippen molar-refractivity contribution in [1.29, 1.82) is 0 Å². The number of ether oxygens (including phenoxy) is 1. The van der Waals surface area contributed by atoms with Crippen LogP contribution in [-0.4, -0.2) is 18.9 Å². The standard InChI is InChI=1S/C26H29F4NO2/c1-2-18-6-7-20(14-21(32)5-3-4-17-10-12-33-13-11-17)25(18)22(16-31)19-8-9-23(24(27)15-19)26(28,29)30/h2,8-12,15,20H,3-7,13-14,16,31H2,1H3/b18-2-,25-22-. The van der Waals surface area contributed by atoms with Gasteiger partial charge in [0, 0.05) is 19.4 Å². The normalized spacial score (nSPS) is 21.2. The minimum Gasteiger partial charge on any atom is -0.497 e. The number of benzene rings is 1. The van der Waals surface area contributed by atoms with Crippen LogP contribution in [0.1, 0.15) is 56.6 Å². The molecule has 0 bridgehead atoms. The monoisotopic (exact) mass is 463 g/mol. The number of carbonyl (C=O) groups excluding carboxylic acids is 1. The van der Waals surface area contributed by atoms with Gasteiger partial charge in [0.25, 0.3) is 0 Å². The molecule has 0 amide bonds. The third-order valence-corrected chi connectivity index (χ3v) is 6.23. The maximum atomic E-state index is 14.2. The minimum atomic E-state index is -4.76. The van der Waals surface area contributed by atoms with E-state index in [4.69, 9.17) is 10.5 Å². The first-order chi connectivity index (χ1) is 15.7. The number of ketones is 1. The lowest BCUT2D eigenvalue weighted by atomic mass is 9.87. The lowest BCUT2D eigenvalue weighted by Gasteiger charge is -2.19. The molecule has 0 saturated heterocycles. The highest BCUT2D eigenvalue weighted by atomic mass is 19.4. The molecule has 3 nitrogen and oxygen atoms in total. The molecule has 0 aromatic heterocycles. The molecule has 1 aliphatic carbocycles. The highest BCUT2D eigenvalue weighted by Crippen LogP contribution is 2.43. The Bertz CT molecular complexity index is 1000. The molecule has 33 heavy (non-hydrogen) atoms. The maximum absolute atomic E-state index is 14.2. The SMILES string of the molecule is C/C=C1/CCC(CC(=O)CCCC2=CCOC=C2)/C1=C(/CN)c1ccc(C(F)(F)F)c(F)c1. The topological polar surface area (TPSA) is 52.3 Å². The second-order valence-electron chi connectivity index (χ2n) is 8.35. The minimum absolute atomic E-state index is 0.0464. The smallest absolute Gasteiger partial charge is 0.419 e. The highest BCUT2D eigenvalue weighted by Gasteiger charge is 2.35. The number of hydrogen-bond acceptors (Lipinski definition) is 3. The molecule has 0 spiro atoms. The summed E-state index contributed by atoms with van der Waals surface area (Å²) in [5, 5.41) is 0. The Morgan fingerprint density at radius 3 is 2.70 bits per heavy atom. The third kappa shape index (κ3) is 6.22. The van der Waals surface area contributed by atoms with Crippen molar-refractivity contribution in [2.45, 2.75) is 51.6 Å². The van der Waals surface area contributed by atoms with Crippen molar-refractivity contribution in [1.82, 2.24) is 0 Å². The van der Waals surface area contributed by atoms with E-state index < -0.39 is 17.6 Å². The van der Waals surface area contributed by atoms with E-state index >= 15 is 0 Å². The van der Waals surface area contributed by atoms with E-state index in [0.29, 0.717) is 30.6 Å². The van der Waals surface area contributed by atoms with Crippen molar-refractivity contribution in [3.63, 3.8) is 0 Å². The molecule has 0 radical (unpaired) electrons. The van der Waals surface area contributed by atoms with Gasteiger partial charge in [-0.15, -0.1) is 0 Å². The van der Waals surface area contributed by atoms with Crippen molar-refractivity contribution in [2.75, 3.05) is 13.2 Å². The second-order valence-corrected chi connectivity index (χ2v) is 8.35. The van der Waals surface area contributed by atoms with Crippen LogP contribution < -0.4 is 5.73 Å². The molecule has 1 heterocycles. The van der Waals surface area contributed by atoms with Crippen molar-refractivity contribution < 1.29 is 27.1 Å². The fraction of sp³-hybridized carbons (Fsp3) is 0.423. The first kappa shape index (κ1) is 25.0. The molecule has 1 saturated carbocycles. The van der Waals surface area contributed by atoms with Gasteiger partial charge in [-0.05, 0) is 90.7 Å². The Hall–Kier alpha value is -2.67. The number of hydrogen-bond donors (Lipinski definition) is 1. The fourth-order valence-corrected chi connectivity index (χ4v) is 4.60. The van der Waals surface area contributed by atoms with Gasteiger partial charge < -0.3 is 10.5 Å². The van der Waals surface area contributed by atoms with Gasteiger partial charge in [-0.1, -0.05) is 12.1 Å². The fourth-order valence-electron chi connectivity index (χ4n) is 4.60. The molecular weight excluding hydrogens is 434 g/mol. The van der Waals surface area contributed by atoms with Crippen LogP contribution in [-0.2, 0) is 15.7 Å². The molecule has 1 aromatic rings. The molecule has 2 N–H and O–H groups in total. The summed E-state index contributed by atoms with van der Waals surface area (Å²) < 4.78 is 58.3. The van der Waals surface area contributed by atoms with Gasteiger partial charge in [0.1, 0.15) is 18.2 Å². The number of allylic oxidation sites excluding steroid dienone is 5. The van der Waals surface area contributed by atoms with Gasteiger partial charge in [-0.3, -0.25) is 4.79 Å². The number of carbonyl (C=O) groups is 1. The Kier molecular flexibility index (Phi) is 8.30. The van der Waals surface area contributed by atoms with Crippen LogP contribution in [0.4, 0.5) is 17.6 Å². The van der Waals surface area contributed by atoms with Crippen molar-refractivity contribution in [3.05, 3.63) is 76.4 Å². The van der Waals surface area contributed by atoms with E-state index in [9.17, 15) is 22.4 Å². The number of rotatable bonds is 8. The predicted octanol–water partition coefficient (Wildman–Crippen LogP) is 6.51. The zero-order chi connectivity index (χ0) is 24.0. The summed E-state index contributed by atoms with van der Waals surface area (Å²) in [6.07, 6.45) is 6.61. The first-order valence-electron chi connectivity index (χ1n) is 11.2. The number of nitrogens with two attached hydrogens (primary N) is 1. The van der Waals surface area contributed by atoms with Gasteiger partial charge in [0.05, 0.1) is 11.8 Å². The summed E-state index contributed by atoms with van der Waals surface area (Å²) in [6.45, 7) is 2.48. The second kappa shape index (κ2) is 11.0. The largest absolute Gasteiger partial charge is 0.497 e. The van der Waals surface area contributed by atoms with Crippen LogP contribution in [0.5, 0.6) is 0 Å². The number of Topliss-reactive ketones (excluding diaryl/α,β-unsaturated/α-hetero) is 1. The summed E-state index contributed by atoms with van der Waals surface area (Å²) in [7, 11) is 0. The van der Waals surface area contributed by atoms with Crippen molar-refractivity contribution >= 4 is 11.4 Å². The van der Waals surface area contributed by atoms with Gasteiger partial charge in [0.2, 0.25) is 0 Å². The van der Waals surface area contributed by atoms with Crippen molar-refractivity contribution in [3.8, 4) is 0 Å². The molecule has 1 unspecified atom stereocenters.